The van der Waals surface area contributed by atoms with Crippen molar-refractivity contribution in [3.63, 3.8) is 0 Å². The van der Waals surface area contributed by atoms with Crippen LogP contribution >= 0.6 is 35.3 Å². The Morgan fingerprint density at radius 2 is 2.33 bits per heavy atom. The molecule has 0 aliphatic rings. The molecule has 2 aromatic heterocycles. The predicted octanol–water partition coefficient (Wildman–Crippen LogP) is 3.73. The monoisotopic (exact) mass is 300 g/mol. The Labute approximate surface area is 120 Å². The van der Waals surface area contributed by atoms with E-state index in [9.17, 15) is 0 Å². The molecule has 18 heavy (non-hydrogen) atoms. The molecule has 0 bridgehead atoms. The Morgan fingerprint density at radius 1 is 1.56 bits per heavy atom. The molecule has 7 heteroatoms. The van der Waals surface area contributed by atoms with Crippen molar-refractivity contribution in [2.24, 2.45) is 0 Å². The molecule has 98 valence electrons. The number of hydrogen-bond acceptors (Lipinski definition) is 5. The average molecular weight is 300 g/mol. The average Bonchev–Trinajstić information content (AvgIpc) is 2.92. The number of hydrogen-bond donors (Lipinski definition) is 1. The van der Waals surface area contributed by atoms with Crippen molar-refractivity contribution in [3.8, 4) is 10.7 Å². The van der Waals surface area contributed by atoms with Crippen molar-refractivity contribution in [3.05, 3.63) is 16.0 Å². The number of H-pyrrole nitrogens is 1. The number of aromatic amines is 1. The van der Waals surface area contributed by atoms with Gasteiger partial charge in [0.2, 0.25) is 0 Å². The highest BCUT2D eigenvalue weighted by atomic mass is 32.2. The van der Waals surface area contributed by atoms with Gasteiger partial charge in [0.25, 0.3) is 0 Å². The molecule has 0 amide bonds. The Kier molecular flexibility index (Phi) is 4.58. The van der Waals surface area contributed by atoms with Gasteiger partial charge in [-0.05, 0) is 24.4 Å². The lowest BCUT2D eigenvalue weighted by atomic mass is 10.5. The van der Waals surface area contributed by atoms with Crippen LogP contribution in [-0.2, 0) is 12.3 Å². The standard InChI is InChI=1S/C11H16N4S3/c1-4-15-10(13-14-11(15)16)8-5-12-9(18-8)6-17-7(2)3/h5,7H,4,6H2,1-3H3,(H,14,16). The zero-order chi connectivity index (χ0) is 13.1. The number of thiazole rings is 1. The van der Waals surface area contributed by atoms with Gasteiger partial charge in [-0.2, -0.15) is 16.9 Å². The molecule has 4 nitrogen and oxygen atoms in total. The van der Waals surface area contributed by atoms with Crippen molar-refractivity contribution in [1.29, 1.82) is 0 Å². The maximum absolute atomic E-state index is 5.19. The van der Waals surface area contributed by atoms with E-state index in [1.54, 1.807) is 11.3 Å². The fraction of sp³-hybridized carbons (Fsp3) is 0.545. The molecular formula is C11H16N4S3. The maximum atomic E-state index is 5.19. The first kappa shape index (κ1) is 13.8. The highest BCUT2D eigenvalue weighted by molar-refractivity contribution is 7.99. The number of aromatic nitrogens is 4. The third-order valence-corrected chi connectivity index (χ3v) is 4.98. The van der Waals surface area contributed by atoms with E-state index in [2.05, 4.69) is 36.0 Å². The van der Waals surface area contributed by atoms with Crippen molar-refractivity contribution in [1.82, 2.24) is 19.7 Å². The second-order valence-corrected chi connectivity index (χ2v) is 7.14. The maximum Gasteiger partial charge on any atom is 0.195 e. The Balaban J connectivity index is 2.21. The van der Waals surface area contributed by atoms with Crippen LogP contribution in [0, 0.1) is 4.77 Å². The van der Waals surface area contributed by atoms with Crippen molar-refractivity contribution in [2.45, 2.75) is 38.3 Å². The lowest BCUT2D eigenvalue weighted by Crippen LogP contribution is -1.96. The molecule has 0 aliphatic heterocycles. The van der Waals surface area contributed by atoms with Gasteiger partial charge in [-0.3, -0.25) is 9.67 Å². The lowest BCUT2D eigenvalue weighted by molar-refractivity contribution is 0.756. The fourth-order valence-electron chi connectivity index (χ4n) is 1.52. The Bertz CT molecular complexity index is 567. The first-order valence-corrected chi connectivity index (χ1v) is 8.11. The van der Waals surface area contributed by atoms with Crippen LogP contribution in [0.4, 0.5) is 0 Å². The minimum atomic E-state index is 0.627. The molecule has 0 atom stereocenters. The summed E-state index contributed by atoms with van der Waals surface area (Å²) in [7, 11) is 0. The number of rotatable bonds is 5. The number of nitrogens with one attached hydrogen (secondary N) is 1. The van der Waals surface area contributed by atoms with Crippen molar-refractivity contribution in [2.75, 3.05) is 0 Å². The molecule has 1 N–H and O–H groups in total. The molecule has 0 saturated heterocycles. The van der Waals surface area contributed by atoms with Crippen LogP contribution in [0.2, 0.25) is 0 Å². The summed E-state index contributed by atoms with van der Waals surface area (Å²) in [6.45, 7) is 7.27. The summed E-state index contributed by atoms with van der Waals surface area (Å²) in [5.41, 5.74) is 0. The van der Waals surface area contributed by atoms with Gasteiger partial charge in [0.1, 0.15) is 5.01 Å². The van der Waals surface area contributed by atoms with Crippen molar-refractivity contribution >= 4 is 35.3 Å². The zero-order valence-electron chi connectivity index (χ0n) is 10.6. The highest BCUT2D eigenvalue weighted by Gasteiger charge is 2.11. The van der Waals surface area contributed by atoms with Gasteiger partial charge in [-0.15, -0.1) is 11.3 Å². The molecule has 0 fully saturated rings. The van der Waals surface area contributed by atoms with Gasteiger partial charge in [-0.1, -0.05) is 13.8 Å². The van der Waals surface area contributed by atoms with E-state index in [0.29, 0.717) is 10.0 Å². The lowest BCUT2D eigenvalue weighted by Gasteiger charge is -2.01. The van der Waals surface area contributed by atoms with Gasteiger partial charge in [-0.25, -0.2) is 4.98 Å². The van der Waals surface area contributed by atoms with Crippen LogP contribution in [0.15, 0.2) is 6.20 Å². The van der Waals surface area contributed by atoms with E-state index in [-0.39, 0.29) is 0 Å². The topological polar surface area (TPSA) is 46.5 Å². The minimum Gasteiger partial charge on any atom is -0.300 e. The van der Waals surface area contributed by atoms with Crippen LogP contribution in [0.5, 0.6) is 0 Å². The summed E-state index contributed by atoms with van der Waals surface area (Å²) in [6.07, 6.45) is 1.89. The molecule has 0 aromatic carbocycles. The Hall–Kier alpha value is -0.660. The molecule has 2 aromatic rings. The number of nitrogens with zero attached hydrogens (tertiary/aromatic N) is 3. The quantitative estimate of drug-likeness (QED) is 0.855. The van der Waals surface area contributed by atoms with Crippen LogP contribution in [0.25, 0.3) is 10.7 Å². The van der Waals surface area contributed by atoms with Crippen LogP contribution in [0.3, 0.4) is 0 Å². The summed E-state index contributed by atoms with van der Waals surface area (Å²) in [6, 6.07) is 0. The van der Waals surface area contributed by atoms with E-state index in [4.69, 9.17) is 12.2 Å². The Morgan fingerprint density at radius 3 is 3.00 bits per heavy atom. The molecule has 0 saturated carbocycles. The molecule has 0 unspecified atom stereocenters. The minimum absolute atomic E-state index is 0.627. The summed E-state index contributed by atoms with van der Waals surface area (Å²) in [5.74, 6) is 1.85. The molecular weight excluding hydrogens is 284 g/mol. The van der Waals surface area contributed by atoms with Gasteiger partial charge in [0, 0.05) is 18.5 Å². The van der Waals surface area contributed by atoms with Gasteiger partial charge in [0.15, 0.2) is 10.6 Å². The smallest absolute Gasteiger partial charge is 0.195 e. The summed E-state index contributed by atoms with van der Waals surface area (Å²) < 4.78 is 2.65. The molecule has 0 spiro atoms. The predicted molar refractivity (Wildman–Crippen MR) is 80.6 cm³/mol. The van der Waals surface area contributed by atoms with Gasteiger partial charge >= 0.3 is 0 Å². The van der Waals surface area contributed by atoms with E-state index in [1.807, 2.05) is 22.5 Å². The SMILES string of the molecule is CCn1c(-c2cnc(CSC(C)C)s2)n[nH]c1=S. The van der Waals surface area contributed by atoms with E-state index >= 15 is 0 Å². The molecule has 0 aliphatic carbocycles. The summed E-state index contributed by atoms with van der Waals surface area (Å²) >= 11 is 8.78. The van der Waals surface area contributed by atoms with Crippen LogP contribution in [-0.4, -0.2) is 25.0 Å². The van der Waals surface area contributed by atoms with E-state index in [0.717, 1.165) is 28.0 Å². The van der Waals surface area contributed by atoms with Gasteiger partial charge < -0.3 is 0 Å². The van der Waals surface area contributed by atoms with Gasteiger partial charge in [0.05, 0.1) is 4.88 Å². The normalized spacial score (nSPS) is 11.3. The largest absolute Gasteiger partial charge is 0.300 e. The third-order valence-electron chi connectivity index (χ3n) is 2.39. The summed E-state index contributed by atoms with van der Waals surface area (Å²) in [5, 5.41) is 8.88. The van der Waals surface area contributed by atoms with E-state index < -0.39 is 0 Å². The first-order valence-electron chi connectivity index (χ1n) is 5.83. The third kappa shape index (κ3) is 3.02. The fourth-order valence-corrected chi connectivity index (χ4v) is 3.48. The van der Waals surface area contributed by atoms with E-state index in [1.165, 1.54) is 0 Å². The molecule has 0 radical (unpaired) electrons. The summed E-state index contributed by atoms with van der Waals surface area (Å²) in [4.78, 5) is 5.52. The first-order chi connectivity index (χ1) is 8.61. The molecule has 2 heterocycles. The number of thioether (sulfide) groups is 1. The second kappa shape index (κ2) is 5.99. The van der Waals surface area contributed by atoms with Crippen molar-refractivity contribution < 1.29 is 0 Å². The second-order valence-electron chi connectivity index (χ2n) is 4.07. The zero-order valence-corrected chi connectivity index (χ0v) is 13.1. The van der Waals surface area contributed by atoms with Crippen LogP contribution < -0.4 is 0 Å². The molecule has 2 rings (SSSR count). The van der Waals surface area contributed by atoms with Crippen LogP contribution in [0.1, 0.15) is 25.8 Å². The highest BCUT2D eigenvalue weighted by Crippen LogP contribution is 2.27.